The third-order valence-corrected chi connectivity index (χ3v) is 6.11. The van der Waals surface area contributed by atoms with Gasteiger partial charge in [-0.05, 0) is 55.8 Å². The van der Waals surface area contributed by atoms with Crippen molar-refractivity contribution in [2.45, 2.75) is 44.6 Å². The molecule has 0 saturated heterocycles. The van der Waals surface area contributed by atoms with Crippen LogP contribution in [0.2, 0.25) is 0 Å². The number of hydrogen-bond acceptors (Lipinski definition) is 3. The van der Waals surface area contributed by atoms with E-state index in [-0.39, 0.29) is 0 Å². The molecule has 0 unspecified atom stereocenters. The van der Waals surface area contributed by atoms with E-state index in [9.17, 15) is 0 Å². The van der Waals surface area contributed by atoms with Gasteiger partial charge in [-0.3, -0.25) is 0 Å². The highest BCUT2D eigenvalue weighted by molar-refractivity contribution is 7.07. The lowest BCUT2D eigenvalue weighted by Crippen LogP contribution is -2.54. The maximum atomic E-state index is 4.37. The van der Waals surface area contributed by atoms with E-state index < -0.39 is 0 Å². The molecule has 0 atom stereocenters. The summed E-state index contributed by atoms with van der Waals surface area (Å²) >= 11 is 1.71. The summed E-state index contributed by atoms with van der Waals surface area (Å²) in [6, 6.07) is 0.830. The Labute approximate surface area is 113 Å². The van der Waals surface area contributed by atoms with Crippen molar-refractivity contribution >= 4 is 11.3 Å². The summed E-state index contributed by atoms with van der Waals surface area (Å²) in [4.78, 5) is 4.37. The van der Waals surface area contributed by atoms with Crippen LogP contribution >= 0.6 is 11.3 Å². The highest BCUT2D eigenvalue weighted by Crippen LogP contribution is 2.53. The first kappa shape index (κ1) is 11.4. The van der Waals surface area contributed by atoms with Gasteiger partial charge in [0.1, 0.15) is 0 Å². The third kappa shape index (κ3) is 2.01. The van der Waals surface area contributed by atoms with Crippen LogP contribution in [0, 0.1) is 23.7 Å². The molecule has 4 aliphatic carbocycles. The lowest BCUT2D eigenvalue weighted by molar-refractivity contribution is -0.0133. The zero-order valence-electron chi connectivity index (χ0n) is 10.8. The van der Waals surface area contributed by atoms with Gasteiger partial charge in [0.25, 0.3) is 0 Å². The molecular weight excluding hydrogens is 240 g/mol. The average molecular weight is 262 g/mol. The molecule has 4 fully saturated rings. The molecule has 4 bridgehead atoms. The molecular formula is C15H22N2S. The molecule has 0 spiro atoms. The highest BCUT2D eigenvalue weighted by atomic mass is 32.1. The molecule has 0 aliphatic heterocycles. The van der Waals surface area contributed by atoms with Gasteiger partial charge < -0.3 is 5.32 Å². The predicted molar refractivity (Wildman–Crippen MR) is 74.7 cm³/mol. The molecule has 3 heteroatoms. The molecule has 1 N–H and O–H groups in total. The van der Waals surface area contributed by atoms with Crippen LogP contribution in [0.1, 0.15) is 37.8 Å². The summed E-state index contributed by atoms with van der Waals surface area (Å²) in [5.74, 6) is 4.17. The lowest BCUT2D eigenvalue weighted by atomic mass is 9.54. The summed E-state index contributed by atoms with van der Waals surface area (Å²) < 4.78 is 0. The lowest BCUT2D eigenvalue weighted by Gasteiger charge is -2.54. The number of hydrogen-bond donors (Lipinski definition) is 1. The fourth-order valence-electron chi connectivity index (χ4n) is 4.99. The van der Waals surface area contributed by atoms with E-state index in [1.807, 2.05) is 5.51 Å². The first-order valence-corrected chi connectivity index (χ1v) is 8.43. The molecule has 5 rings (SSSR count). The zero-order valence-corrected chi connectivity index (χ0v) is 11.7. The van der Waals surface area contributed by atoms with Crippen molar-refractivity contribution in [1.29, 1.82) is 0 Å². The fraction of sp³-hybridized carbons (Fsp3) is 0.800. The van der Waals surface area contributed by atoms with Gasteiger partial charge in [0.2, 0.25) is 0 Å². The first-order chi connectivity index (χ1) is 8.88. The van der Waals surface area contributed by atoms with Crippen molar-refractivity contribution in [3.63, 3.8) is 0 Å². The van der Waals surface area contributed by atoms with Gasteiger partial charge in [-0.2, -0.15) is 0 Å². The van der Waals surface area contributed by atoms with Gasteiger partial charge in [-0.15, -0.1) is 11.3 Å². The van der Waals surface area contributed by atoms with Crippen molar-refractivity contribution in [3.8, 4) is 0 Å². The number of nitrogens with one attached hydrogen (secondary N) is 1. The van der Waals surface area contributed by atoms with Crippen LogP contribution in [0.25, 0.3) is 0 Å². The van der Waals surface area contributed by atoms with E-state index in [4.69, 9.17) is 0 Å². The molecule has 1 heterocycles. The highest BCUT2D eigenvalue weighted by Gasteiger charge is 2.47. The summed E-state index contributed by atoms with van der Waals surface area (Å²) in [5.41, 5.74) is 3.20. The van der Waals surface area contributed by atoms with Gasteiger partial charge in [0, 0.05) is 24.4 Å². The van der Waals surface area contributed by atoms with Crippen molar-refractivity contribution < 1.29 is 0 Å². The minimum atomic E-state index is 0.830. The van der Waals surface area contributed by atoms with Crippen LogP contribution in [0.15, 0.2) is 10.9 Å². The Morgan fingerprint density at radius 3 is 2.44 bits per heavy atom. The Balaban J connectivity index is 1.35. The molecule has 4 aliphatic rings. The molecule has 1 aromatic heterocycles. The van der Waals surface area contributed by atoms with E-state index >= 15 is 0 Å². The van der Waals surface area contributed by atoms with E-state index in [1.165, 1.54) is 31.4 Å². The quantitative estimate of drug-likeness (QED) is 0.902. The van der Waals surface area contributed by atoms with Gasteiger partial charge in [0.05, 0.1) is 11.2 Å². The third-order valence-electron chi connectivity index (χ3n) is 5.47. The molecule has 0 aromatic carbocycles. The van der Waals surface area contributed by atoms with Crippen LogP contribution in [-0.2, 0) is 6.42 Å². The second-order valence-corrected chi connectivity index (χ2v) is 7.36. The van der Waals surface area contributed by atoms with Gasteiger partial charge in [-0.1, -0.05) is 0 Å². The van der Waals surface area contributed by atoms with Crippen LogP contribution in [0.4, 0.5) is 0 Å². The molecule has 18 heavy (non-hydrogen) atoms. The predicted octanol–water partition coefficient (Wildman–Crippen LogP) is 3.10. The van der Waals surface area contributed by atoms with Crippen LogP contribution < -0.4 is 5.32 Å². The molecule has 0 amide bonds. The normalized spacial score (nSPS) is 41.4. The second-order valence-electron chi connectivity index (χ2n) is 6.64. The zero-order chi connectivity index (χ0) is 11.9. The Morgan fingerprint density at radius 2 is 1.83 bits per heavy atom. The maximum absolute atomic E-state index is 4.37. The Bertz CT molecular complexity index is 373. The van der Waals surface area contributed by atoms with E-state index in [0.717, 1.165) is 42.7 Å². The van der Waals surface area contributed by atoms with Crippen molar-refractivity contribution in [2.24, 2.45) is 23.7 Å². The minimum absolute atomic E-state index is 0.830. The second kappa shape index (κ2) is 4.61. The number of aromatic nitrogens is 1. The molecule has 2 nitrogen and oxygen atoms in total. The molecule has 4 saturated carbocycles. The number of nitrogens with zero attached hydrogens (tertiary/aromatic N) is 1. The molecule has 0 radical (unpaired) electrons. The van der Waals surface area contributed by atoms with Gasteiger partial charge in [0.15, 0.2) is 0 Å². The van der Waals surface area contributed by atoms with Crippen LogP contribution in [-0.4, -0.2) is 17.6 Å². The Kier molecular flexibility index (Phi) is 2.92. The summed E-state index contributed by atoms with van der Waals surface area (Å²) in [5, 5.41) is 6.05. The Morgan fingerprint density at radius 1 is 1.11 bits per heavy atom. The maximum Gasteiger partial charge on any atom is 0.0794 e. The number of rotatable bonds is 4. The summed E-state index contributed by atoms with van der Waals surface area (Å²) in [6.45, 7) is 1.12. The van der Waals surface area contributed by atoms with Gasteiger partial charge in [-0.25, -0.2) is 4.98 Å². The van der Waals surface area contributed by atoms with Gasteiger partial charge >= 0.3 is 0 Å². The smallest absolute Gasteiger partial charge is 0.0794 e. The fourth-order valence-corrected chi connectivity index (χ4v) is 5.58. The van der Waals surface area contributed by atoms with Crippen LogP contribution in [0.3, 0.4) is 0 Å². The van der Waals surface area contributed by atoms with E-state index in [0.29, 0.717) is 0 Å². The standard InChI is InChI=1S/C15H22N2S/c1(14-8-18-9-17-14)2-16-15-12-4-10-3-11(6-12)7-13(15)5-10/h8-13,15-16H,1-7H2. The first-order valence-electron chi connectivity index (χ1n) is 7.49. The summed E-state index contributed by atoms with van der Waals surface area (Å²) in [7, 11) is 0. The van der Waals surface area contributed by atoms with E-state index in [1.54, 1.807) is 17.8 Å². The Hall–Kier alpha value is -0.410. The number of thiazole rings is 1. The average Bonchev–Trinajstić information content (AvgIpc) is 2.85. The van der Waals surface area contributed by atoms with Crippen molar-refractivity contribution in [2.75, 3.05) is 6.54 Å². The van der Waals surface area contributed by atoms with E-state index in [2.05, 4.69) is 15.7 Å². The van der Waals surface area contributed by atoms with Crippen molar-refractivity contribution in [1.82, 2.24) is 10.3 Å². The topological polar surface area (TPSA) is 24.9 Å². The monoisotopic (exact) mass is 262 g/mol. The molecule has 1 aromatic rings. The minimum Gasteiger partial charge on any atom is -0.313 e. The van der Waals surface area contributed by atoms with Crippen LogP contribution in [0.5, 0.6) is 0 Å². The largest absolute Gasteiger partial charge is 0.313 e. The van der Waals surface area contributed by atoms with Crippen molar-refractivity contribution in [3.05, 3.63) is 16.6 Å². The SMILES string of the molecule is c1nc(CCNC2C3CC4CC(C3)CC2C4)cs1. The summed E-state index contributed by atoms with van der Waals surface area (Å²) in [6.07, 6.45) is 8.72. The molecule has 98 valence electrons.